The molecule has 6 heteroatoms. The Morgan fingerprint density at radius 3 is 2.50 bits per heavy atom. The van der Waals surface area contributed by atoms with Gasteiger partial charge in [-0.15, -0.1) is 0 Å². The molecule has 0 heterocycles. The fourth-order valence-electron chi connectivity index (χ4n) is 2.32. The normalized spacial score (nSPS) is 25.5. The molecule has 3 unspecified atom stereocenters. The number of nitrogens with zero attached hydrogens (tertiary/aromatic N) is 1. The Morgan fingerprint density at radius 1 is 1.39 bits per heavy atom. The van der Waals surface area contributed by atoms with Crippen molar-refractivity contribution in [3.63, 3.8) is 0 Å². The van der Waals surface area contributed by atoms with E-state index in [1.165, 1.54) is 4.90 Å². The third-order valence-corrected chi connectivity index (χ3v) is 4.53. The Labute approximate surface area is 119 Å². The number of aliphatic carboxylic acids is 1. The highest BCUT2D eigenvalue weighted by Crippen LogP contribution is 2.28. The van der Waals surface area contributed by atoms with Gasteiger partial charge >= 0.3 is 5.97 Å². The molecule has 4 nitrogen and oxygen atoms in total. The van der Waals surface area contributed by atoms with Crippen molar-refractivity contribution in [3.8, 4) is 0 Å². The third kappa shape index (κ3) is 4.09. The van der Waals surface area contributed by atoms with Crippen molar-refractivity contribution in [2.75, 3.05) is 12.3 Å². The molecule has 0 radical (unpaired) electrons. The Hall–Kier alpha value is -0.360. The van der Waals surface area contributed by atoms with E-state index in [2.05, 4.69) is 25.3 Å². The molecule has 1 saturated carbocycles. The van der Waals surface area contributed by atoms with Crippen LogP contribution in [0.2, 0.25) is 0 Å². The first-order valence-corrected chi connectivity index (χ1v) is 7.43. The van der Waals surface area contributed by atoms with Crippen LogP contribution < -0.4 is 0 Å². The summed E-state index contributed by atoms with van der Waals surface area (Å²) in [6.45, 7) is 1.54. The van der Waals surface area contributed by atoms with Gasteiger partial charge in [-0.25, -0.2) is 0 Å². The second kappa shape index (κ2) is 7.28. The summed E-state index contributed by atoms with van der Waals surface area (Å²) >= 11 is 8.62. The lowest BCUT2D eigenvalue weighted by Gasteiger charge is -2.38. The van der Waals surface area contributed by atoms with E-state index in [1.807, 2.05) is 0 Å². The molecule has 0 aromatic carbocycles. The zero-order valence-electron chi connectivity index (χ0n) is 10.6. The van der Waals surface area contributed by atoms with E-state index in [-0.39, 0.29) is 29.7 Å². The standard InChI is InChI=1S/C12H21NO3S2/c1-8(7-17)12(16)13(6-11(14)15)9-4-2-3-5-10(9)18/h8-10,17-18H,2-7H2,1H3,(H,14,15). The minimum Gasteiger partial charge on any atom is -0.480 e. The minimum absolute atomic E-state index is 0.0620. The summed E-state index contributed by atoms with van der Waals surface area (Å²) in [6, 6.07) is -0.0620. The third-order valence-electron chi connectivity index (χ3n) is 3.38. The largest absolute Gasteiger partial charge is 0.480 e. The van der Waals surface area contributed by atoms with Crippen LogP contribution in [-0.4, -0.2) is 45.5 Å². The van der Waals surface area contributed by atoms with E-state index in [0.29, 0.717) is 5.75 Å². The highest BCUT2D eigenvalue weighted by Gasteiger charge is 2.33. The zero-order chi connectivity index (χ0) is 13.7. The van der Waals surface area contributed by atoms with Gasteiger partial charge in [-0.2, -0.15) is 25.3 Å². The van der Waals surface area contributed by atoms with E-state index in [4.69, 9.17) is 5.11 Å². The van der Waals surface area contributed by atoms with Crippen LogP contribution in [0.3, 0.4) is 0 Å². The molecule has 0 saturated heterocycles. The molecule has 1 fully saturated rings. The lowest BCUT2D eigenvalue weighted by atomic mass is 9.92. The molecule has 0 aromatic heterocycles. The second-order valence-electron chi connectivity index (χ2n) is 4.86. The van der Waals surface area contributed by atoms with E-state index in [9.17, 15) is 9.59 Å². The molecule has 0 bridgehead atoms. The summed E-state index contributed by atoms with van der Waals surface area (Å²) in [5.41, 5.74) is 0. The van der Waals surface area contributed by atoms with Crippen LogP contribution in [0.5, 0.6) is 0 Å². The Balaban J connectivity index is 2.82. The molecular formula is C12H21NO3S2. The maximum Gasteiger partial charge on any atom is 0.323 e. The van der Waals surface area contributed by atoms with E-state index < -0.39 is 5.97 Å². The number of carboxylic acid groups (broad SMARTS) is 1. The number of carboxylic acids is 1. The van der Waals surface area contributed by atoms with Crippen molar-refractivity contribution in [2.24, 2.45) is 5.92 Å². The van der Waals surface area contributed by atoms with E-state index in [1.54, 1.807) is 6.92 Å². The monoisotopic (exact) mass is 291 g/mol. The molecule has 1 rings (SSSR count). The van der Waals surface area contributed by atoms with Crippen LogP contribution in [0.4, 0.5) is 0 Å². The lowest BCUT2D eigenvalue weighted by Crippen LogP contribution is -2.50. The second-order valence-corrected chi connectivity index (χ2v) is 5.89. The summed E-state index contributed by atoms with van der Waals surface area (Å²) < 4.78 is 0. The molecule has 1 aliphatic rings. The van der Waals surface area contributed by atoms with Crippen LogP contribution >= 0.6 is 25.3 Å². The van der Waals surface area contributed by atoms with Gasteiger partial charge in [-0.1, -0.05) is 19.8 Å². The fourth-order valence-corrected chi connectivity index (χ4v) is 2.97. The molecule has 0 aliphatic heterocycles. The first-order valence-electron chi connectivity index (χ1n) is 6.28. The van der Waals surface area contributed by atoms with Crippen LogP contribution in [0.1, 0.15) is 32.6 Å². The summed E-state index contributed by atoms with van der Waals surface area (Å²) in [6.07, 6.45) is 3.90. The molecule has 0 aromatic rings. The molecule has 0 spiro atoms. The maximum absolute atomic E-state index is 12.2. The van der Waals surface area contributed by atoms with Gasteiger partial charge in [0.1, 0.15) is 6.54 Å². The number of amides is 1. The number of thiol groups is 2. The van der Waals surface area contributed by atoms with Gasteiger partial charge in [-0.05, 0) is 12.8 Å². The molecule has 1 aliphatic carbocycles. The predicted molar refractivity (Wildman–Crippen MR) is 77.4 cm³/mol. The molecule has 18 heavy (non-hydrogen) atoms. The average Bonchev–Trinajstić information content (AvgIpc) is 2.35. The maximum atomic E-state index is 12.2. The van der Waals surface area contributed by atoms with Crippen LogP contribution in [0.15, 0.2) is 0 Å². The van der Waals surface area contributed by atoms with Crippen molar-refractivity contribution < 1.29 is 14.7 Å². The van der Waals surface area contributed by atoms with Gasteiger partial charge in [0, 0.05) is 23.0 Å². The van der Waals surface area contributed by atoms with Crippen molar-refractivity contribution in [2.45, 2.75) is 43.9 Å². The number of hydrogen-bond acceptors (Lipinski definition) is 4. The lowest BCUT2D eigenvalue weighted by molar-refractivity contribution is -0.148. The van der Waals surface area contributed by atoms with Crippen molar-refractivity contribution in [3.05, 3.63) is 0 Å². The predicted octanol–water partition coefficient (Wildman–Crippen LogP) is 1.71. The van der Waals surface area contributed by atoms with Gasteiger partial charge in [0.15, 0.2) is 0 Å². The van der Waals surface area contributed by atoms with Gasteiger partial charge < -0.3 is 10.0 Å². The number of rotatable bonds is 5. The van der Waals surface area contributed by atoms with Gasteiger partial charge in [0.05, 0.1) is 0 Å². The van der Waals surface area contributed by atoms with Gasteiger partial charge in [0.25, 0.3) is 0 Å². The number of hydrogen-bond donors (Lipinski definition) is 3. The summed E-state index contributed by atoms with van der Waals surface area (Å²) in [7, 11) is 0. The van der Waals surface area contributed by atoms with Crippen LogP contribution in [0.25, 0.3) is 0 Å². The Bertz CT molecular complexity index is 312. The zero-order valence-corrected chi connectivity index (χ0v) is 12.4. The summed E-state index contributed by atoms with van der Waals surface area (Å²) in [4.78, 5) is 24.7. The minimum atomic E-state index is -0.971. The topological polar surface area (TPSA) is 57.6 Å². The first kappa shape index (κ1) is 15.7. The smallest absolute Gasteiger partial charge is 0.323 e. The Kier molecular flexibility index (Phi) is 6.35. The molecule has 1 N–H and O–H groups in total. The highest BCUT2D eigenvalue weighted by atomic mass is 32.1. The van der Waals surface area contributed by atoms with Crippen molar-refractivity contribution in [1.82, 2.24) is 4.90 Å². The fraction of sp³-hybridized carbons (Fsp3) is 0.833. The summed E-state index contributed by atoms with van der Waals surface area (Å²) in [5, 5.41) is 9.04. The molecular weight excluding hydrogens is 270 g/mol. The highest BCUT2D eigenvalue weighted by molar-refractivity contribution is 7.81. The molecule has 1 amide bonds. The number of carbonyl (C=O) groups excluding carboxylic acids is 1. The SMILES string of the molecule is CC(CS)C(=O)N(CC(=O)O)C1CCCCC1S. The molecule has 104 valence electrons. The van der Waals surface area contributed by atoms with Gasteiger partial charge in [0.2, 0.25) is 5.91 Å². The van der Waals surface area contributed by atoms with E-state index in [0.717, 1.165) is 25.7 Å². The van der Waals surface area contributed by atoms with Crippen molar-refractivity contribution >= 4 is 37.1 Å². The van der Waals surface area contributed by atoms with Crippen molar-refractivity contribution in [1.29, 1.82) is 0 Å². The Morgan fingerprint density at radius 2 is 2.00 bits per heavy atom. The van der Waals surface area contributed by atoms with E-state index >= 15 is 0 Å². The van der Waals surface area contributed by atoms with Gasteiger partial charge in [-0.3, -0.25) is 9.59 Å². The quantitative estimate of drug-likeness (QED) is 0.676. The number of carbonyl (C=O) groups is 2. The average molecular weight is 291 g/mol. The summed E-state index contributed by atoms with van der Waals surface area (Å²) in [5.74, 6) is -0.923. The first-order chi connectivity index (χ1) is 8.47. The van der Waals surface area contributed by atoms with Crippen LogP contribution in [0, 0.1) is 5.92 Å². The molecule has 3 atom stereocenters. The van der Waals surface area contributed by atoms with Crippen LogP contribution in [-0.2, 0) is 9.59 Å².